The number of nitrogens with zero attached hydrogens (tertiary/aromatic N) is 3. The molecule has 3 rings (SSSR count). The van der Waals surface area contributed by atoms with Crippen molar-refractivity contribution in [1.29, 1.82) is 0 Å². The average Bonchev–Trinajstić information content (AvgIpc) is 3.25. The molecule has 6 nitrogen and oxygen atoms in total. The topological polar surface area (TPSA) is 80.0 Å². The van der Waals surface area contributed by atoms with Crippen LogP contribution in [0.15, 0.2) is 36.7 Å². The van der Waals surface area contributed by atoms with Crippen LogP contribution in [0.4, 0.5) is 0 Å². The molecular formula is C16H20N4O2. The Morgan fingerprint density at radius 3 is 2.68 bits per heavy atom. The molecule has 0 radical (unpaired) electrons. The SMILES string of the molecule is O=C(NCC(O)C1CCCC1)c1ccc(-n2ccnn2)cc1. The van der Waals surface area contributed by atoms with Crippen LogP contribution in [0.2, 0.25) is 0 Å². The summed E-state index contributed by atoms with van der Waals surface area (Å²) < 4.78 is 1.63. The van der Waals surface area contributed by atoms with Crippen molar-refractivity contribution >= 4 is 5.91 Å². The molecule has 1 aliphatic rings. The van der Waals surface area contributed by atoms with E-state index < -0.39 is 6.10 Å². The first-order chi connectivity index (χ1) is 10.7. The normalized spacial score (nSPS) is 16.6. The molecule has 2 aromatic rings. The van der Waals surface area contributed by atoms with Crippen molar-refractivity contribution < 1.29 is 9.90 Å². The van der Waals surface area contributed by atoms with E-state index in [0.717, 1.165) is 18.5 Å². The van der Waals surface area contributed by atoms with E-state index in [1.54, 1.807) is 29.2 Å². The lowest BCUT2D eigenvalue weighted by molar-refractivity contribution is 0.0840. The summed E-state index contributed by atoms with van der Waals surface area (Å²) in [5.41, 5.74) is 1.42. The summed E-state index contributed by atoms with van der Waals surface area (Å²) in [4.78, 5) is 12.1. The van der Waals surface area contributed by atoms with E-state index in [2.05, 4.69) is 15.6 Å². The molecule has 0 bridgehead atoms. The van der Waals surface area contributed by atoms with Crippen molar-refractivity contribution in [1.82, 2.24) is 20.3 Å². The van der Waals surface area contributed by atoms with Gasteiger partial charge in [0.1, 0.15) is 0 Å². The first-order valence-corrected chi connectivity index (χ1v) is 7.67. The number of aliphatic hydroxyl groups is 1. The zero-order chi connectivity index (χ0) is 15.4. The second-order valence-electron chi connectivity index (χ2n) is 5.72. The molecular weight excluding hydrogens is 280 g/mol. The monoisotopic (exact) mass is 300 g/mol. The van der Waals surface area contributed by atoms with Gasteiger partial charge in [-0.15, -0.1) is 5.10 Å². The predicted octanol–water partition coefficient (Wildman–Crippen LogP) is 1.55. The van der Waals surface area contributed by atoms with Crippen LogP contribution >= 0.6 is 0 Å². The first-order valence-electron chi connectivity index (χ1n) is 7.67. The van der Waals surface area contributed by atoms with E-state index in [1.165, 1.54) is 12.8 Å². The Balaban J connectivity index is 1.55. The molecule has 0 saturated heterocycles. The lowest BCUT2D eigenvalue weighted by Crippen LogP contribution is -2.35. The van der Waals surface area contributed by atoms with Gasteiger partial charge in [-0.05, 0) is 43.0 Å². The number of aromatic nitrogens is 3. The predicted molar refractivity (Wildman–Crippen MR) is 81.7 cm³/mol. The second kappa shape index (κ2) is 6.70. The van der Waals surface area contributed by atoms with Crippen LogP contribution in [-0.4, -0.2) is 38.7 Å². The molecule has 1 aromatic heterocycles. The number of nitrogens with one attached hydrogen (secondary N) is 1. The van der Waals surface area contributed by atoms with Crippen molar-refractivity contribution in [2.45, 2.75) is 31.8 Å². The number of carbonyl (C=O) groups is 1. The summed E-state index contributed by atoms with van der Waals surface area (Å²) in [5, 5.41) is 20.5. The molecule has 0 aliphatic heterocycles. The first kappa shape index (κ1) is 14.7. The Hall–Kier alpha value is -2.21. The third kappa shape index (κ3) is 3.33. The van der Waals surface area contributed by atoms with E-state index in [1.807, 2.05) is 12.1 Å². The van der Waals surface area contributed by atoms with Gasteiger partial charge in [-0.2, -0.15) is 0 Å². The zero-order valence-corrected chi connectivity index (χ0v) is 12.4. The van der Waals surface area contributed by atoms with Crippen molar-refractivity contribution in [3.8, 4) is 5.69 Å². The summed E-state index contributed by atoms with van der Waals surface area (Å²) in [6.45, 7) is 0.314. The molecule has 22 heavy (non-hydrogen) atoms. The van der Waals surface area contributed by atoms with Gasteiger partial charge in [0.05, 0.1) is 24.2 Å². The van der Waals surface area contributed by atoms with Crippen LogP contribution in [0.1, 0.15) is 36.0 Å². The molecule has 1 aliphatic carbocycles. The second-order valence-corrected chi connectivity index (χ2v) is 5.72. The minimum absolute atomic E-state index is 0.165. The van der Waals surface area contributed by atoms with Gasteiger partial charge in [-0.25, -0.2) is 4.68 Å². The molecule has 0 spiro atoms. The van der Waals surface area contributed by atoms with E-state index in [0.29, 0.717) is 18.0 Å². The maximum absolute atomic E-state index is 12.1. The third-order valence-electron chi connectivity index (χ3n) is 4.23. The Labute approximate surface area is 129 Å². The maximum atomic E-state index is 12.1. The Morgan fingerprint density at radius 2 is 2.05 bits per heavy atom. The molecule has 2 N–H and O–H groups in total. The molecule has 1 heterocycles. The largest absolute Gasteiger partial charge is 0.391 e. The van der Waals surface area contributed by atoms with Crippen LogP contribution in [0.5, 0.6) is 0 Å². The highest BCUT2D eigenvalue weighted by Crippen LogP contribution is 2.27. The fourth-order valence-corrected chi connectivity index (χ4v) is 2.92. The number of aliphatic hydroxyl groups excluding tert-OH is 1. The van der Waals surface area contributed by atoms with Crippen molar-refractivity contribution in [2.24, 2.45) is 5.92 Å². The number of rotatable bonds is 5. The van der Waals surface area contributed by atoms with Gasteiger partial charge in [0.15, 0.2) is 0 Å². The summed E-state index contributed by atoms with van der Waals surface area (Å²) >= 11 is 0. The van der Waals surface area contributed by atoms with E-state index in [9.17, 15) is 9.90 Å². The highest BCUT2D eigenvalue weighted by Gasteiger charge is 2.23. The third-order valence-corrected chi connectivity index (χ3v) is 4.23. The van der Waals surface area contributed by atoms with Crippen molar-refractivity contribution in [3.05, 3.63) is 42.2 Å². The van der Waals surface area contributed by atoms with Gasteiger partial charge in [0.25, 0.3) is 5.91 Å². The molecule has 1 atom stereocenters. The van der Waals surface area contributed by atoms with Crippen molar-refractivity contribution in [3.63, 3.8) is 0 Å². The highest BCUT2D eigenvalue weighted by molar-refractivity contribution is 5.94. The summed E-state index contributed by atoms with van der Waals surface area (Å²) in [7, 11) is 0. The molecule has 1 saturated carbocycles. The Kier molecular flexibility index (Phi) is 4.48. The van der Waals surface area contributed by atoms with Crippen LogP contribution in [-0.2, 0) is 0 Å². The molecule has 116 valence electrons. The lowest BCUT2D eigenvalue weighted by Gasteiger charge is -2.18. The van der Waals surface area contributed by atoms with Crippen molar-refractivity contribution in [2.75, 3.05) is 6.54 Å². The van der Waals surface area contributed by atoms with E-state index >= 15 is 0 Å². The number of amides is 1. The number of benzene rings is 1. The fraction of sp³-hybridized carbons (Fsp3) is 0.438. The van der Waals surface area contributed by atoms with E-state index in [4.69, 9.17) is 0 Å². The molecule has 6 heteroatoms. The zero-order valence-electron chi connectivity index (χ0n) is 12.4. The summed E-state index contributed by atoms with van der Waals surface area (Å²) in [6, 6.07) is 7.12. The Bertz CT molecular complexity index is 604. The van der Waals surface area contributed by atoms with Gasteiger partial charge < -0.3 is 10.4 Å². The van der Waals surface area contributed by atoms with E-state index in [-0.39, 0.29) is 5.91 Å². The maximum Gasteiger partial charge on any atom is 0.251 e. The molecule has 1 aromatic carbocycles. The fourth-order valence-electron chi connectivity index (χ4n) is 2.92. The lowest BCUT2D eigenvalue weighted by atomic mass is 10.0. The van der Waals surface area contributed by atoms with Gasteiger partial charge in [-0.3, -0.25) is 4.79 Å². The van der Waals surface area contributed by atoms with Gasteiger partial charge in [-0.1, -0.05) is 18.1 Å². The molecule has 1 amide bonds. The van der Waals surface area contributed by atoms with Crippen LogP contribution in [0.3, 0.4) is 0 Å². The van der Waals surface area contributed by atoms with Gasteiger partial charge >= 0.3 is 0 Å². The average molecular weight is 300 g/mol. The molecule has 1 fully saturated rings. The highest BCUT2D eigenvalue weighted by atomic mass is 16.3. The smallest absolute Gasteiger partial charge is 0.251 e. The van der Waals surface area contributed by atoms with Gasteiger partial charge in [0, 0.05) is 12.1 Å². The summed E-state index contributed by atoms with van der Waals surface area (Å²) in [6.07, 6.45) is 7.38. The van der Waals surface area contributed by atoms with Crippen LogP contribution in [0.25, 0.3) is 5.69 Å². The van der Waals surface area contributed by atoms with Crippen LogP contribution < -0.4 is 5.32 Å². The molecule has 1 unspecified atom stereocenters. The Morgan fingerprint density at radius 1 is 1.32 bits per heavy atom. The summed E-state index contributed by atoms with van der Waals surface area (Å²) in [5.74, 6) is 0.164. The minimum atomic E-state index is -0.444. The van der Waals surface area contributed by atoms with Crippen LogP contribution in [0, 0.1) is 5.92 Å². The standard InChI is InChI=1S/C16H20N4O2/c21-15(12-3-1-2-4-12)11-17-16(22)13-5-7-14(8-6-13)20-10-9-18-19-20/h5-10,12,15,21H,1-4,11H2,(H,17,22). The quantitative estimate of drug-likeness (QED) is 0.878. The number of hydrogen-bond donors (Lipinski definition) is 2. The van der Waals surface area contributed by atoms with Gasteiger partial charge in [0.2, 0.25) is 0 Å². The minimum Gasteiger partial charge on any atom is -0.391 e. The number of hydrogen-bond acceptors (Lipinski definition) is 4. The number of carbonyl (C=O) groups excluding carboxylic acids is 1.